The molecule has 10 heteroatoms. The molecule has 0 bridgehead atoms. The van der Waals surface area contributed by atoms with Gasteiger partial charge in [-0.1, -0.05) is 60.5 Å². The molecule has 42 heavy (non-hydrogen) atoms. The topological polar surface area (TPSA) is 64.6 Å². The van der Waals surface area contributed by atoms with Crippen LogP contribution in [0.3, 0.4) is 0 Å². The Balaban J connectivity index is 0.00000441. The van der Waals surface area contributed by atoms with E-state index in [0.29, 0.717) is 24.2 Å². The van der Waals surface area contributed by atoms with E-state index in [1.165, 1.54) is 17.7 Å². The number of nitrogens with one attached hydrogen (secondary N) is 2. The summed E-state index contributed by atoms with van der Waals surface area (Å²) in [5.74, 6) is -1.77. The van der Waals surface area contributed by atoms with Gasteiger partial charge < -0.3 is 20.6 Å². The lowest BCUT2D eigenvalue weighted by Crippen LogP contribution is -2.48. The van der Waals surface area contributed by atoms with E-state index >= 15 is 0 Å². The van der Waals surface area contributed by atoms with Gasteiger partial charge in [-0.3, -0.25) is 4.79 Å². The Kier molecular flexibility index (Phi) is 17.4. The smallest absolute Gasteiger partial charge is 0.251 e. The molecule has 3 N–H and O–H groups in total. The van der Waals surface area contributed by atoms with E-state index in [0.717, 1.165) is 47.5 Å². The first-order valence-corrected chi connectivity index (χ1v) is 14.7. The molecule has 0 saturated carbocycles. The fourth-order valence-corrected chi connectivity index (χ4v) is 5.22. The minimum absolute atomic E-state index is 0. The second kappa shape index (κ2) is 19.3. The van der Waals surface area contributed by atoms with Crippen LogP contribution in [0.25, 0.3) is 0 Å². The van der Waals surface area contributed by atoms with Crippen molar-refractivity contribution in [2.75, 3.05) is 20.1 Å². The van der Waals surface area contributed by atoms with E-state index in [1.807, 2.05) is 31.3 Å². The molecule has 3 aromatic rings. The summed E-state index contributed by atoms with van der Waals surface area (Å²) in [6.45, 7) is 6.62. The maximum absolute atomic E-state index is 13.9. The van der Waals surface area contributed by atoms with Gasteiger partial charge in [0.25, 0.3) is 5.91 Å². The number of halogens is 5. The van der Waals surface area contributed by atoms with Crippen LogP contribution in [0.15, 0.2) is 65.1 Å². The molecular formula is C32H42BrCl2F2N3O2. The standard InChI is InChI=1S/C32H40BrF2N3O2.2ClH/c1-4-6-10-38(3)21-25-12-26(17-27(33)13-25)32(40)37-30(16-24-14-28(34)18-29(35)15-24)31(39)20-36-19-23-9-7-8-22(5-2)11-23;;/h7-9,11-15,17-18,30-31,36,39H,4-6,10,16,19-21H2,1-3H3,(H,37,40);2*1H/t30-,31+;;/m0../s1. The van der Waals surface area contributed by atoms with Gasteiger partial charge in [-0.25, -0.2) is 8.78 Å². The molecule has 0 saturated heterocycles. The average Bonchev–Trinajstić information content (AvgIpc) is 2.90. The summed E-state index contributed by atoms with van der Waals surface area (Å²) in [6.07, 6.45) is 2.19. The first kappa shape index (κ1) is 38.0. The van der Waals surface area contributed by atoms with Crippen molar-refractivity contribution in [1.29, 1.82) is 0 Å². The Morgan fingerprint density at radius 1 is 0.952 bits per heavy atom. The van der Waals surface area contributed by atoms with Crippen LogP contribution in [-0.4, -0.2) is 48.2 Å². The fraction of sp³-hybridized carbons (Fsp3) is 0.406. The molecule has 0 aromatic heterocycles. The van der Waals surface area contributed by atoms with Gasteiger partial charge in [0.15, 0.2) is 0 Å². The zero-order valence-corrected chi connectivity index (χ0v) is 27.6. The summed E-state index contributed by atoms with van der Waals surface area (Å²) >= 11 is 3.51. The van der Waals surface area contributed by atoms with Crippen molar-refractivity contribution in [2.24, 2.45) is 0 Å². The molecule has 0 heterocycles. The van der Waals surface area contributed by atoms with Crippen molar-refractivity contribution < 1.29 is 18.7 Å². The Hall–Kier alpha value is -2.07. The van der Waals surface area contributed by atoms with Gasteiger partial charge in [-0.15, -0.1) is 24.8 Å². The van der Waals surface area contributed by atoms with Crippen LogP contribution in [0.1, 0.15) is 59.3 Å². The second-order valence-electron chi connectivity index (χ2n) is 10.4. The van der Waals surface area contributed by atoms with Crippen LogP contribution in [0.4, 0.5) is 8.78 Å². The summed E-state index contributed by atoms with van der Waals surface area (Å²) in [5, 5.41) is 17.3. The molecule has 0 unspecified atom stereocenters. The van der Waals surface area contributed by atoms with Gasteiger partial charge >= 0.3 is 0 Å². The monoisotopic (exact) mass is 687 g/mol. The number of amides is 1. The maximum Gasteiger partial charge on any atom is 0.251 e. The summed E-state index contributed by atoms with van der Waals surface area (Å²) in [5.41, 5.74) is 4.09. The van der Waals surface area contributed by atoms with Crippen LogP contribution in [0.5, 0.6) is 0 Å². The van der Waals surface area contributed by atoms with Crippen LogP contribution >= 0.6 is 40.7 Å². The molecule has 1 amide bonds. The third kappa shape index (κ3) is 12.7. The number of hydrogen-bond donors (Lipinski definition) is 3. The van der Waals surface area contributed by atoms with Crippen molar-refractivity contribution >= 4 is 46.7 Å². The van der Waals surface area contributed by atoms with Gasteiger partial charge in [-0.05, 0) is 85.4 Å². The fourth-order valence-electron chi connectivity index (χ4n) is 4.68. The van der Waals surface area contributed by atoms with Gasteiger partial charge in [0.05, 0.1) is 12.1 Å². The molecule has 3 rings (SSSR count). The second-order valence-corrected chi connectivity index (χ2v) is 11.3. The zero-order chi connectivity index (χ0) is 29.1. The van der Waals surface area contributed by atoms with E-state index in [-0.39, 0.29) is 43.7 Å². The van der Waals surface area contributed by atoms with E-state index < -0.39 is 23.8 Å². The van der Waals surface area contributed by atoms with E-state index in [9.17, 15) is 18.7 Å². The minimum Gasteiger partial charge on any atom is -0.390 e. The number of aryl methyl sites for hydroxylation is 1. The lowest BCUT2D eigenvalue weighted by Gasteiger charge is -2.25. The number of aliphatic hydroxyl groups excluding tert-OH is 1. The van der Waals surface area contributed by atoms with Gasteiger partial charge in [0, 0.05) is 35.7 Å². The molecule has 5 nitrogen and oxygen atoms in total. The quantitative estimate of drug-likeness (QED) is 0.163. The highest BCUT2D eigenvalue weighted by molar-refractivity contribution is 9.10. The Morgan fingerprint density at radius 2 is 1.64 bits per heavy atom. The zero-order valence-electron chi connectivity index (χ0n) is 24.3. The maximum atomic E-state index is 13.9. The van der Waals surface area contributed by atoms with Crippen molar-refractivity contribution in [2.45, 2.75) is 64.8 Å². The number of nitrogens with zero attached hydrogens (tertiary/aromatic N) is 1. The first-order valence-electron chi connectivity index (χ1n) is 13.9. The van der Waals surface area contributed by atoms with Crippen LogP contribution in [-0.2, 0) is 25.9 Å². The van der Waals surface area contributed by atoms with Gasteiger partial charge in [0.1, 0.15) is 11.6 Å². The molecular weight excluding hydrogens is 647 g/mol. The van der Waals surface area contributed by atoms with Crippen molar-refractivity contribution in [1.82, 2.24) is 15.5 Å². The lowest BCUT2D eigenvalue weighted by molar-refractivity contribution is 0.0829. The molecule has 2 atom stereocenters. The molecule has 0 aliphatic carbocycles. The SMILES string of the molecule is CCCCN(C)Cc1cc(Br)cc(C(=O)N[C@@H](Cc2cc(F)cc(F)c2)[C@H](O)CNCc2cccc(CC)c2)c1.Cl.Cl. The summed E-state index contributed by atoms with van der Waals surface area (Å²) in [7, 11) is 2.05. The minimum atomic E-state index is -1.00. The summed E-state index contributed by atoms with van der Waals surface area (Å²) < 4.78 is 28.6. The molecule has 0 aliphatic rings. The van der Waals surface area contributed by atoms with Crippen LogP contribution < -0.4 is 10.6 Å². The Morgan fingerprint density at radius 3 is 2.31 bits per heavy atom. The molecule has 0 spiro atoms. The number of hydrogen-bond acceptors (Lipinski definition) is 4. The third-order valence-electron chi connectivity index (χ3n) is 6.81. The number of benzene rings is 3. The van der Waals surface area contributed by atoms with E-state index in [1.54, 1.807) is 6.07 Å². The molecule has 0 radical (unpaired) electrons. The number of carbonyl (C=O) groups excluding carboxylic acids is 1. The van der Waals surface area contributed by atoms with Crippen molar-refractivity contribution in [3.63, 3.8) is 0 Å². The number of carbonyl (C=O) groups is 1. The third-order valence-corrected chi connectivity index (χ3v) is 7.26. The highest BCUT2D eigenvalue weighted by Gasteiger charge is 2.23. The van der Waals surface area contributed by atoms with Crippen LogP contribution in [0.2, 0.25) is 0 Å². The van der Waals surface area contributed by atoms with E-state index in [4.69, 9.17) is 0 Å². The number of rotatable bonds is 15. The van der Waals surface area contributed by atoms with Gasteiger partial charge in [0.2, 0.25) is 0 Å². The molecule has 0 fully saturated rings. The highest BCUT2D eigenvalue weighted by Crippen LogP contribution is 2.19. The average molecular weight is 690 g/mol. The largest absolute Gasteiger partial charge is 0.390 e. The van der Waals surface area contributed by atoms with Crippen molar-refractivity contribution in [3.05, 3.63) is 105 Å². The highest BCUT2D eigenvalue weighted by atomic mass is 79.9. The number of aliphatic hydroxyl groups is 1. The molecule has 0 aliphatic heterocycles. The molecule has 232 valence electrons. The number of unbranched alkanes of at least 4 members (excludes halogenated alkanes) is 1. The van der Waals surface area contributed by atoms with Crippen LogP contribution in [0, 0.1) is 11.6 Å². The lowest BCUT2D eigenvalue weighted by atomic mass is 9.99. The normalized spacial score (nSPS) is 12.3. The molecule has 3 aromatic carbocycles. The van der Waals surface area contributed by atoms with Crippen molar-refractivity contribution in [3.8, 4) is 0 Å². The van der Waals surface area contributed by atoms with E-state index in [2.05, 4.69) is 57.4 Å². The van der Waals surface area contributed by atoms with Gasteiger partial charge in [-0.2, -0.15) is 0 Å². The predicted octanol–water partition coefficient (Wildman–Crippen LogP) is 6.86. The first-order chi connectivity index (χ1) is 19.2. The Labute approximate surface area is 269 Å². The summed E-state index contributed by atoms with van der Waals surface area (Å²) in [4.78, 5) is 15.6. The Bertz CT molecular complexity index is 1250. The summed E-state index contributed by atoms with van der Waals surface area (Å²) in [6, 6.07) is 16.2. The predicted molar refractivity (Wildman–Crippen MR) is 175 cm³/mol.